The van der Waals surface area contributed by atoms with Gasteiger partial charge in [0, 0.05) is 13.1 Å². The second-order valence-electron chi connectivity index (χ2n) is 5.63. The zero-order valence-electron chi connectivity index (χ0n) is 14.7. The quantitative estimate of drug-likeness (QED) is 0.725. The van der Waals surface area contributed by atoms with Crippen molar-refractivity contribution < 1.29 is 19.2 Å². The summed E-state index contributed by atoms with van der Waals surface area (Å²) < 4.78 is 5.25. The highest BCUT2D eigenvalue weighted by Crippen LogP contribution is 2.24. The zero-order valence-corrected chi connectivity index (χ0v) is 14.7. The van der Waals surface area contributed by atoms with E-state index >= 15 is 0 Å². The molecule has 0 heterocycles. The Morgan fingerprint density at radius 1 is 1.22 bits per heavy atom. The van der Waals surface area contributed by atoms with Crippen molar-refractivity contribution in [3.05, 3.63) is 23.8 Å². The van der Waals surface area contributed by atoms with Gasteiger partial charge >= 0.3 is 0 Å². The van der Waals surface area contributed by atoms with E-state index in [0.29, 0.717) is 31.1 Å². The van der Waals surface area contributed by atoms with Gasteiger partial charge in [0.05, 0.1) is 19.8 Å². The van der Waals surface area contributed by atoms with Gasteiger partial charge in [-0.25, -0.2) is 0 Å². The van der Waals surface area contributed by atoms with E-state index in [-0.39, 0.29) is 18.4 Å². The van der Waals surface area contributed by atoms with Crippen LogP contribution in [0.15, 0.2) is 18.2 Å². The van der Waals surface area contributed by atoms with Gasteiger partial charge in [0.25, 0.3) is 11.8 Å². The van der Waals surface area contributed by atoms with Crippen molar-refractivity contribution >= 4 is 17.5 Å². The molecule has 1 aromatic rings. The first kappa shape index (κ1) is 19.0. The minimum absolute atomic E-state index is 0.0634. The lowest BCUT2D eigenvalue weighted by atomic mass is 10.2. The van der Waals surface area contributed by atoms with Gasteiger partial charge in [0.15, 0.2) is 13.1 Å². The van der Waals surface area contributed by atoms with Crippen molar-refractivity contribution in [2.24, 2.45) is 0 Å². The molecule has 0 spiro atoms. The summed E-state index contributed by atoms with van der Waals surface area (Å²) in [6.07, 6.45) is 0. The molecule has 0 saturated carbocycles. The van der Waals surface area contributed by atoms with Crippen LogP contribution >= 0.6 is 0 Å². The van der Waals surface area contributed by atoms with E-state index in [9.17, 15) is 9.59 Å². The van der Waals surface area contributed by atoms with Crippen molar-refractivity contribution in [1.29, 1.82) is 0 Å². The molecule has 1 atom stereocenters. The Balaban J connectivity index is 2.59. The Kier molecular flexibility index (Phi) is 7.54. The molecular weight excluding hydrogens is 294 g/mol. The smallest absolute Gasteiger partial charge is 0.279 e. The highest BCUT2D eigenvalue weighted by molar-refractivity contribution is 5.93. The molecule has 0 aliphatic carbocycles. The third kappa shape index (κ3) is 5.90. The number of amides is 2. The summed E-state index contributed by atoms with van der Waals surface area (Å²) in [4.78, 5) is 26.9. The monoisotopic (exact) mass is 322 g/mol. The van der Waals surface area contributed by atoms with Gasteiger partial charge in [-0.3, -0.25) is 9.59 Å². The van der Waals surface area contributed by atoms with Gasteiger partial charge in [-0.15, -0.1) is 0 Å². The van der Waals surface area contributed by atoms with Gasteiger partial charge < -0.3 is 19.9 Å². The SMILES string of the molecule is CCN(CC)C(=O)C[NH+](C)CC(=O)Nc1cc(C)ccc1OC. The lowest BCUT2D eigenvalue weighted by molar-refractivity contribution is -0.862. The molecular formula is C17H28N3O3+. The second-order valence-corrected chi connectivity index (χ2v) is 5.63. The van der Waals surface area contributed by atoms with E-state index in [1.807, 2.05) is 46.0 Å². The van der Waals surface area contributed by atoms with Crippen LogP contribution in [0.1, 0.15) is 19.4 Å². The highest BCUT2D eigenvalue weighted by atomic mass is 16.5. The summed E-state index contributed by atoms with van der Waals surface area (Å²) in [6, 6.07) is 5.62. The maximum atomic E-state index is 12.2. The highest BCUT2D eigenvalue weighted by Gasteiger charge is 2.18. The normalized spacial score (nSPS) is 11.7. The predicted octanol–water partition coefficient (Wildman–Crippen LogP) is 0.325. The number of nitrogens with one attached hydrogen (secondary N) is 2. The first-order chi connectivity index (χ1) is 10.9. The van der Waals surface area contributed by atoms with E-state index in [4.69, 9.17) is 4.74 Å². The number of carbonyl (C=O) groups is 2. The van der Waals surface area contributed by atoms with Gasteiger partial charge in [-0.2, -0.15) is 0 Å². The minimum Gasteiger partial charge on any atom is -0.495 e. The van der Waals surface area contributed by atoms with Crippen LogP contribution in [0, 0.1) is 6.92 Å². The summed E-state index contributed by atoms with van der Waals surface area (Å²) in [5.74, 6) is 0.549. The molecule has 2 amide bonds. The molecule has 0 aromatic heterocycles. The Labute approximate surface area is 138 Å². The number of carbonyl (C=O) groups excluding carboxylic acids is 2. The van der Waals surface area contributed by atoms with Crippen molar-refractivity contribution in [2.75, 3.05) is 45.7 Å². The Morgan fingerprint density at radius 2 is 1.87 bits per heavy atom. The van der Waals surface area contributed by atoms with E-state index < -0.39 is 0 Å². The molecule has 0 aliphatic rings. The summed E-state index contributed by atoms with van der Waals surface area (Å²) in [7, 11) is 3.41. The molecule has 0 aliphatic heterocycles. The van der Waals surface area contributed by atoms with Crippen molar-refractivity contribution in [1.82, 2.24) is 4.90 Å². The van der Waals surface area contributed by atoms with Crippen molar-refractivity contribution in [3.63, 3.8) is 0 Å². The Morgan fingerprint density at radius 3 is 2.43 bits per heavy atom. The molecule has 0 bridgehead atoms. The van der Waals surface area contributed by atoms with Crippen LogP contribution < -0.4 is 15.0 Å². The standard InChI is InChI=1S/C17H27N3O3/c1-6-20(7-2)17(22)12-19(4)11-16(21)18-14-10-13(3)8-9-15(14)23-5/h8-10H,6-7,11-12H2,1-5H3,(H,18,21)/p+1. The fraction of sp³-hybridized carbons (Fsp3) is 0.529. The van der Waals surface area contributed by atoms with Crippen LogP contribution in [0.4, 0.5) is 5.69 Å². The number of methoxy groups -OCH3 is 1. The minimum atomic E-state index is -0.140. The summed E-state index contributed by atoms with van der Waals surface area (Å²) in [6.45, 7) is 7.77. The van der Waals surface area contributed by atoms with Gasteiger partial charge in [0.1, 0.15) is 5.75 Å². The number of ether oxygens (including phenoxy) is 1. The van der Waals surface area contributed by atoms with Crippen molar-refractivity contribution in [3.8, 4) is 5.75 Å². The van der Waals surface area contributed by atoms with Crippen LogP contribution in [-0.4, -0.2) is 57.1 Å². The second kappa shape index (κ2) is 9.15. The maximum Gasteiger partial charge on any atom is 0.279 e. The molecule has 23 heavy (non-hydrogen) atoms. The molecule has 0 fully saturated rings. The number of likely N-dealkylation sites (N-methyl/N-ethyl adjacent to an activating group) is 2. The third-order valence-corrected chi connectivity index (χ3v) is 3.66. The fourth-order valence-corrected chi connectivity index (χ4v) is 2.40. The largest absolute Gasteiger partial charge is 0.495 e. The molecule has 1 aromatic carbocycles. The molecule has 6 nitrogen and oxygen atoms in total. The molecule has 128 valence electrons. The number of aryl methyl sites for hydroxylation is 1. The van der Waals surface area contributed by atoms with Crippen LogP contribution in [0.5, 0.6) is 5.75 Å². The first-order valence-electron chi connectivity index (χ1n) is 7.94. The van der Waals surface area contributed by atoms with E-state index in [1.165, 1.54) is 0 Å². The lowest BCUT2D eigenvalue weighted by Crippen LogP contribution is -3.11. The molecule has 1 unspecified atom stereocenters. The summed E-state index contributed by atoms with van der Waals surface area (Å²) in [5.41, 5.74) is 1.69. The Hall–Kier alpha value is -2.08. The van der Waals surface area contributed by atoms with Gasteiger partial charge in [0.2, 0.25) is 0 Å². The first-order valence-corrected chi connectivity index (χ1v) is 7.94. The molecule has 1 rings (SSSR count). The average molecular weight is 322 g/mol. The average Bonchev–Trinajstić information content (AvgIpc) is 2.48. The number of rotatable bonds is 8. The number of hydrogen-bond donors (Lipinski definition) is 2. The molecule has 6 heteroatoms. The number of nitrogens with zero attached hydrogens (tertiary/aromatic N) is 1. The third-order valence-electron chi connectivity index (χ3n) is 3.66. The number of benzene rings is 1. The lowest BCUT2D eigenvalue weighted by Gasteiger charge is -2.21. The molecule has 0 saturated heterocycles. The number of anilines is 1. The van der Waals surface area contributed by atoms with Gasteiger partial charge in [-0.05, 0) is 38.5 Å². The van der Waals surface area contributed by atoms with E-state index in [2.05, 4.69) is 5.32 Å². The summed E-state index contributed by atoms with van der Waals surface area (Å²) >= 11 is 0. The number of hydrogen-bond acceptors (Lipinski definition) is 3. The van der Waals surface area contributed by atoms with Crippen molar-refractivity contribution in [2.45, 2.75) is 20.8 Å². The number of quaternary nitrogens is 1. The molecule has 2 N–H and O–H groups in total. The van der Waals surface area contributed by atoms with Crippen LogP contribution in [0.2, 0.25) is 0 Å². The topological polar surface area (TPSA) is 63.1 Å². The van der Waals surface area contributed by atoms with Crippen LogP contribution in [0.25, 0.3) is 0 Å². The molecule has 0 radical (unpaired) electrons. The fourth-order valence-electron chi connectivity index (χ4n) is 2.40. The Bertz CT molecular complexity index is 542. The zero-order chi connectivity index (χ0) is 17.4. The summed E-state index contributed by atoms with van der Waals surface area (Å²) in [5, 5.41) is 2.85. The van der Waals surface area contributed by atoms with Crippen LogP contribution in [0.3, 0.4) is 0 Å². The maximum absolute atomic E-state index is 12.2. The van der Waals surface area contributed by atoms with E-state index in [1.54, 1.807) is 12.0 Å². The predicted molar refractivity (Wildman–Crippen MR) is 90.9 cm³/mol. The van der Waals surface area contributed by atoms with Crippen LogP contribution in [-0.2, 0) is 9.59 Å². The van der Waals surface area contributed by atoms with E-state index in [0.717, 1.165) is 10.5 Å². The van der Waals surface area contributed by atoms with Gasteiger partial charge in [-0.1, -0.05) is 6.07 Å².